The molecular weight excluding hydrogens is 675 g/mol. The van der Waals surface area contributed by atoms with E-state index in [0.717, 1.165) is 57.8 Å². The smallest absolute Gasteiger partial charge is 0.220 e. The van der Waals surface area contributed by atoms with Crippen LogP contribution in [0.15, 0.2) is 72.9 Å². The van der Waals surface area contributed by atoms with Crippen molar-refractivity contribution in [2.45, 2.75) is 238 Å². The van der Waals surface area contributed by atoms with Crippen molar-refractivity contribution >= 4 is 5.91 Å². The Morgan fingerprint density at radius 2 is 0.800 bits per heavy atom. The molecule has 0 heterocycles. The van der Waals surface area contributed by atoms with Crippen LogP contribution in [-0.2, 0) is 4.79 Å². The molecule has 4 nitrogen and oxygen atoms in total. The third-order valence-electron chi connectivity index (χ3n) is 10.4. The fourth-order valence-corrected chi connectivity index (χ4v) is 6.86. The average Bonchev–Trinajstić information content (AvgIpc) is 3.19. The van der Waals surface area contributed by atoms with Gasteiger partial charge in [0.05, 0.1) is 18.8 Å². The Morgan fingerprint density at radius 1 is 0.455 bits per heavy atom. The number of aliphatic hydroxyl groups excluding tert-OH is 2. The highest BCUT2D eigenvalue weighted by Gasteiger charge is 2.17. The summed E-state index contributed by atoms with van der Waals surface area (Å²) in [6, 6.07) is -0.656. The first-order chi connectivity index (χ1) is 27.2. The molecule has 0 aliphatic rings. The molecule has 318 valence electrons. The van der Waals surface area contributed by atoms with Gasteiger partial charge in [-0.3, -0.25) is 4.79 Å². The van der Waals surface area contributed by atoms with E-state index in [2.05, 4.69) is 79.9 Å². The van der Waals surface area contributed by atoms with Crippen LogP contribution in [0.1, 0.15) is 226 Å². The predicted molar refractivity (Wildman–Crippen MR) is 244 cm³/mol. The monoisotopic (exact) mass is 766 g/mol. The molecule has 2 atom stereocenters. The van der Waals surface area contributed by atoms with E-state index in [9.17, 15) is 15.0 Å². The molecule has 2 unspecified atom stereocenters. The lowest BCUT2D eigenvalue weighted by Gasteiger charge is -2.19. The highest BCUT2D eigenvalue weighted by molar-refractivity contribution is 5.76. The number of amides is 1. The summed E-state index contributed by atoms with van der Waals surface area (Å²) in [7, 11) is 0. The second kappa shape index (κ2) is 46.2. The van der Waals surface area contributed by atoms with Crippen molar-refractivity contribution in [1.29, 1.82) is 0 Å². The van der Waals surface area contributed by atoms with Gasteiger partial charge in [0, 0.05) is 6.42 Å². The summed E-state index contributed by atoms with van der Waals surface area (Å²) in [5.74, 6) is -0.121. The second-order valence-electron chi connectivity index (χ2n) is 15.8. The van der Waals surface area contributed by atoms with Gasteiger partial charge in [-0.05, 0) is 57.8 Å². The lowest BCUT2D eigenvalue weighted by molar-refractivity contribution is -0.122. The molecule has 0 fully saturated rings. The van der Waals surface area contributed by atoms with Crippen molar-refractivity contribution in [2.75, 3.05) is 6.61 Å². The van der Waals surface area contributed by atoms with Crippen LogP contribution >= 0.6 is 0 Å². The molecule has 0 aromatic carbocycles. The van der Waals surface area contributed by atoms with E-state index in [0.29, 0.717) is 6.42 Å². The minimum atomic E-state index is -0.866. The van der Waals surface area contributed by atoms with Crippen molar-refractivity contribution < 1.29 is 15.0 Å². The van der Waals surface area contributed by atoms with Gasteiger partial charge in [0.1, 0.15) is 0 Å². The Hall–Kier alpha value is -2.17. The molecule has 55 heavy (non-hydrogen) atoms. The number of allylic oxidation sites excluding steroid dienone is 11. The van der Waals surface area contributed by atoms with E-state index in [1.165, 1.54) is 148 Å². The van der Waals surface area contributed by atoms with E-state index < -0.39 is 12.1 Å². The van der Waals surface area contributed by atoms with Crippen LogP contribution in [0.3, 0.4) is 0 Å². The molecule has 3 N–H and O–H groups in total. The fourth-order valence-electron chi connectivity index (χ4n) is 6.86. The number of hydrogen-bond donors (Lipinski definition) is 3. The van der Waals surface area contributed by atoms with Crippen LogP contribution in [0.2, 0.25) is 0 Å². The number of rotatable bonds is 42. The van der Waals surface area contributed by atoms with Crippen molar-refractivity contribution in [1.82, 2.24) is 5.32 Å². The summed E-state index contributed by atoms with van der Waals surface area (Å²) in [6.07, 6.45) is 66.1. The summed E-state index contributed by atoms with van der Waals surface area (Å²) in [5, 5.41) is 23.0. The van der Waals surface area contributed by atoms with Gasteiger partial charge >= 0.3 is 0 Å². The first kappa shape index (κ1) is 52.8. The van der Waals surface area contributed by atoms with Crippen LogP contribution in [0.5, 0.6) is 0 Å². The average molecular weight is 766 g/mol. The first-order valence-electron chi connectivity index (χ1n) is 23.7. The third-order valence-corrected chi connectivity index (χ3v) is 10.4. The van der Waals surface area contributed by atoms with Gasteiger partial charge in [-0.1, -0.05) is 234 Å². The molecule has 4 heteroatoms. The molecule has 0 rings (SSSR count). The van der Waals surface area contributed by atoms with Gasteiger partial charge in [-0.25, -0.2) is 0 Å². The van der Waals surface area contributed by atoms with Crippen molar-refractivity contribution in [3.8, 4) is 0 Å². The quantitative estimate of drug-likeness (QED) is 0.0428. The lowest BCUT2D eigenvalue weighted by atomic mass is 10.0. The Labute approximate surface area is 342 Å². The summed E-state index contributed by atoms with van der Waals surface area (Å²) in [4.78, 5) is 12.4. The molecule has 0 aliphatic heterocycles. The van der Waals surface area contributed by atoms with Crippen LogP contribution in [-0.4, -0.2) is 34.9 Å². The molecule has 0 aromatic heterocycles. The predicted octanol–water partition coefficient (Wildman–Crippen LogP) is 15.1. The van der Waals surface area contributed by atoms with Crippen LogP contribution in [0.25, 0.3) is 0 Å². The van der Waals surface area contributed by atoms with Crippen LogP contribution < -0.4 is 5.32 Å². The Balaban J connectivity index is 3.60. The number of carbonyl (C=O) groups is 1. The summed E-state index contributed by atoms with van der Waals surface area (Å²) >= 11 is 0. The highest BCUT2D eigenvalue weighted by atomic mass is 16.3. The maximum Gasteiger partial charge on any atom is 0.220 e. The zero-order valence-electron chi connectivity index (χ0n) is 36.4. The largest absolute Gasteiger partial charge is 0.394 e. The van der Waals surface area contributed by atoms with Gasteiger partial charge in [-0.15, -0.1) is 0 Å². The minimum absolute atomic E-state index is 0.121. The fraction of sp³-hybridized carbons (Fsp3) is 0.745. The molecule has 0 aromatic rings. The number of carbonyl (C=O) groups excluding carboxylic acids is 1. The SMILES string of the molecule is CC/C=C\C/C=C\C/C=C\C/C=C\C/C=C\CCCC(=O)NC(CO)C(O)/C=C/CCCCCCCCCCCCCCCCCCCCCCCCCC. The summed E-state index contributed by atoms with van der Waals surface area (Å²) < 4.78 is 0. The topological polar surface area (TPSA) is 69.6 Å². The Morgan fingerprint density at radius 3 is 1.18 bits per heavy atom. The third kappa shape index (κ3) is 42.8. The summed E-state index contributed by atoms with van der Waals surface area (Å²) in [5.41, 5.74) is 0. The van der Waals surface area contributed by atoms with E-state index in [1.807, 2.05) is 6.08 Å². The molecule has 0 spiro atoms. The summed E-state index contributed by atoms with van der Waals surface area (Å²) in [6.45, 7) is 4.17. The second-order valence-corrected chi connectivity index (χ2v) is 15.8. The maximum atomic E-state index is 12.4. The van der Waals surface area contributed by atoms with E-state index in [1.54, 1.807) is 6.08 Å². The normalized spacial score (nSPS) is 13.6. The van der Waals surface area contributed by atoms with E-state index in [4.69, 9.17) is 0 Å². The first-order valence-corrected chi connectivity index (χ1v) is 23.7. The molecule has 0 aliphatic carbocycles. The van der Waals surface area contributed by atoms with Gasteiger partial charge in [0.2, 0.25) is 5.91 Å². The van der Waals surface area contributed by atoms with Gasteiger partial charge in [0.15, 0.2) is 0 Å². The number of unbranched alkanes of at least 4 members (excludes halogenated alkanes) is 25. The minimum Gasteiger partial charge on any atom is -0.394 e. The maximum absolute atomic E-state index is 12.4. The molecule has 0 radical (unpaired) electrons. The van der Waals surface area contributed by atoms with Gasteiger partial charge in [0.25, 0.3) is 0 Å². The zero-order valence-corrected chi connectivity index (χ0v) is 36.4. The number of nitrogens with one attached hydrogen (secondary N) is 1. The van der Waals surface area contributed by atoms with Crippen LogP contribution in [0, 0.1) is 0 Å². The number of hydrogen-bond acceptors (Lipinski definition) is 3. The number of aliphatic hydroxyl groups is 2. The molecule has 0 saturated carbocycles. The Kier molecular flexibility index (Phi) is 44.4. The van der Waals surface area contributed by atoms with Crippen molar-refractivity contribution in [2.24, 2.45) is 0 Å². The lowest BCUT2D eigenvalue weighted by Crippen LogP contribution is -2.45. The molecule has 0 saturated heterocycles. The Bertz CT molecular complexity index is 961. The highest BCUT2D eigenvalue weighted by Crippen LogP contribution is 2.16. The standard InChI is InChI=1S/C51H91NO3/c1-3-5-7-9-11-13-15-17-19-21-22-23-24-25-26-27-28-29-31-32-34-36-38-40-42-44-46-50(54)49(48-53)52-51(55)47-45-43-41-39-37-35-33-30-20-18-16-14-12-10-8-6-4-2/h6,8,12,14,18,20,33,35,39,41,44,46,49-50,53-54H,3-5,7,9-11,13,15-17,19,21-32,34,36-38,40,42-43,45,47-48H2,1-2H3,(H,52,55)/b8-6-,14-12-,20-18-,35-33-,41-39-,46-44+. The van der Waals surface area contributed by atoms with Gasteiger partial charge < -0.3 is 15.5 Å². The van der Waals surface area contributed by atoms with Gasteiger partial charge in [-0.2, -0.15) is 0 Å². The molecular formula is C51H91NO3. The van der Waals surface area contributed by atoms with Crippen molar-refractivity contribution in [3.63, 3.8) is 0 Å². The molecule has 0 bridgehead atoms. The van der Waals surface area contributed by atoms with E-state index >= 15 is 0 Å². The van der Waals surface area contributed by atoms with Crippen LogP contribution in [0.4, 0.5) is 0 Å². The molecule has 1 amide bonds. The zero-order chi connectivity index (χ0) is 40.0. The van der Waals surface area contributed by atoms with E-state index in [-0.39, 0.29) is 12.5 Å². The van der Waals surface area contributed by atoms with Crippen molar-refractivity contribution in [3.05, 3.63) is 72.9 Å².